The topological polar surface area (TPSA) is 70.2 Å². The zero-order valence-electron chi connectivity index (χ0n) is 10.3. The number of rotatable bonds is 2. The normalized spacial score (nSPS) is 19.3. The van der Waals surface area contributed by atoms with Crippen molar-refractivity contribution in [2.75, 3.05) is 18.0 Å². The first kappa shape index (κ1) is 12.4. The molecule has 1 atom stereocenters. The van der Waals surface area contributed by atoms with E-state index in [9.17, 15) is 10.1 Å². The van der Waals surface area contributed by atoms with Gasteiger partial charge in [-0.1, -0.05) is 6.92 Å². The number of nitrogens with zero attached hydrogens (tertiary/aromatic N) is 3. The molecule has 1 fully saturated rings. The number of nitro benzene ring substituents is 1. The van der Waals surface area contributed by atoms with Crippen molar-refractivity contribution in [1.82, 2.24) is 0 Å². The van der Waals surface area contributed by atoms with Crippen molar-refractivity contribution < 1.29 is 4.92 Å². The fraction of sp³-hybridized carbons (Fsp3) is 0.462. The number of hydrogen-bond donors (Lipinski definition) is 0. The quantitative estimate of drug-likeness (QED) is 0.593. The van der Waals surface area contributed by atoms with Crippen molar-refractivity contribution in [2.45, 2.75) is 19.8 Å². The molecule has 0 radical (unpaired) electrons. The van der Waals surface area contributed by atoms with Gasteiger partial charge in [-0.3, -0.25) is 10.1 Å². The van der Waals surface area contributed by atoms with Crippen LogP contribution in [0.4, 0.5) is 11.4 Å². The van der Waals surface area contributed by atoms with Crippen LogP contribution in [0, 0.1) is 27.4 Å². The zero-order valence-corrected chi connectivity index (χ0v) is 10.3. The molecule has 94 valence electrons. The van der Waals surface area contributed by atoms with Crippen molar-refractivity contribution in [1.29, 1.82) is 5.26 Å². The van der Waals surface area contributed by atoms with Crippen LogP contribution in [-0.2, 0) is 0 Å². The molecule has 0 aromatic heterocycles. The van der Waals surface area contributed by atoms with Gasteiger partial charge in [-0.05, 0) is 30.9 Å². The molecule has 0 N–H and O–H groups in total. The molecule has 0 saturated carbocycles. The average Bonchev–Trinajstić information content (AvgIpc) is 2.37. The summed E-state index contributed by atoms with van der Waals surface area (Å²) in [7, 11) is 0. The van der Waals surface area contributed by atoms with Crippen LogP contribution < -0.4 is 4.90 Å². The molecule has 1 aliphatic heterocycles. The lowest BCUT2D eigenvalue weighted by molar-refractivity contribution is -0.385. The number of nitro groups is 1. The van der Waals surface area contributed by atoms with E-state index >= 15 is 0 Å². The van der Waals surface area contributed by atoms with Crippen LogP contribution in [0.2, 0.25) is 0 Å². The molecule has 0 amide bonds. The van der Waals surface area contributed by atoms with Gasteiger partial charge in [0.05, 0.1) is 4.92 Å². The lowest BCUT2D eigenvalue weighted by Crippen LogP contribution is -2.34. The Kier molecular flexibility index (Phi) is 3.47. The number of piperidine rings is 1. The minimum absolute atomic E-state index is 0.119. The van der Waals surface area contributed by atoms with E-state index in [4.69, 9.17) is 5.26 Å². The molecule has 5 heteroatoms. The summed E-state index contributed by atoms with van der Waals surface area (Å²) in [6, 6.07) is 6.68. The number of anilines is 1. The fourth-order valence-electron chi connectivity index (χ4n) is 2.39. The highest BCUT2D eigenvalue weighted by Gasteiger charge is 2.20. The van der Waals surface area contributed by atoms with Crippen LogP contribution >= 0.6 is 0 Å². The summed E-state index contributed by atoms with van der Waals surface area (Å²) >= 11 is 0. The Labute approximate surface area is 106 Å². The van der Waals surface area contributed by atoms with Crippen molar-refractivity contribution in [3.63, 3.8) is 0 Å². The third-order valence-electron chi connectivity index (χ3n) is 3.32. The molecule has 1 aromatic rings. The fourth-order valence-corrected chi connectivity index (χ4v) is 2.39. The predicted octanol–water partition coefficient (Wildman–Crippen LogP) is 2.70. The van der Waals surface area contributed by atoms with E-state index in [2.05, 4.69) is 11.8 Å². The summed E-state index contributed by atoms with van der Waals surface area (Å²) in [6.45, 7) is 4.10. The minimum atomic E-state index is -0.513. The van der Waals surface area contributed by atoms with Gasteiger partial charge < -0.3 is 4.90 Å². The van der Waals surface area contributed by atoms with Gasteiger partial charge in [-0.15, -0.1) is 0 Å². The second-order valence-corrected chi connectivity index (χ2v) is 4.76. The largest absolute Gasteiger partial charge is 0.371 e. The van der Waals surface area contributed by atoms with Gasteiger partial charge in [0, 0.05) is 24.8 Å². The maximum Gasteiger partial charge on any atom is 0.287 e. The molecule has 1 heterocycles. The molecular formula is C13H15N3O2. The monoisotopic (exact) mass is 245 g/mol. The van der Waals surface area contributed by atoms with E-state index in [0.717, 1.165) is 25.2 Å². The number of nitriles is 1. The van der Waals surface area contributed by atoms with Gasteiger partial charge in [0.15, 0.2) is 0 Å². The van der Waals surface area contributed by atoms with Gasteiger partial charge >= 0.3 is 0 Å². The van der Waals surface area contributed by atoms with Crippen LogP contribution in [0.1, 0.15) is 25.3 Å². The van der Waals surface area contributed by atoms with Crippen LogP contribution in [0.15, 0.2) is 18.2 Å². The second kappa shape index (κ2) is 5.05. The summed E-state index contributed by atoms with van der Waals surface area (Å²) in [5.41, 5.74) is 0.922. The Bertz CT molecular complexity index is 507. The van der Waals surface area contributed by atoms with Crippen LogP contribution in [0.3, 0.4) is 0 Å². The molecule has 1 saturated heterocycles. The Morgan fingerprint density at radius 1 is 1.56 bits per heavy atom. The summed E-state index contributed by atoms with van der Waals surface area (Å²) in [5.74, 6) is 0.625. The molecule has 5 nitrogen and oxygen atoms in total. The van der Waals surface area contributed by atoms with E-state index in [-0.39, 0.29) is 11.3 Å². The molecule has 1 aliphatic rings. The van der Waals surface area contributed by atoms with E-state index < -0.39 is 4.92 Å². The molecule has 0 aliphatic carbocycles. The SMILES string of the molecule is CC1CCCN(c2ccc([N+](=O)[O-])c(C#N)c2)C1. The average molecular weight is 245 g/mol. The standard InChI is InChI=1S/C13H15N3O2/c1-10-3-2-6-15(9-10)12-4-5-13(16(17)18)11(7-12)8-14/h4-5,7,10H,2-3,6,9H2,1H3. The van der Waals surface area contributed by atoms with Gasteiger partial charge in [0.25, 0.3) is 5.69 Å². The van der Waals surface area contributed by atoms with Crippen molar-refractivity contribution in [2.24, 2.45) is 5.92 Å². The zero-order chi connectivity index (χ0) is 13.1. The minimum Gasteiger partial charge on any atom is -0.371 e. The smallest absolute Gasteiger partial charge is 0.287 e. The highest BCUT2D eigenvalue weighted by molar-refractivity contribution is 5.60. The predicted molar refractivity (Wildman–Crippen MR) is 68.4 cm³/mol. The Hall–Kier alpha value is -2.09. The maximum absolute atomic E-state index is 10.8. The van der Waals surface area contributed by atoms with E-state index in [1.165, 1.54) is 12.5 Å². The molecule has 1 unspecified atom stereocenters. The van der Waals surface area contributed by atoms with Crippen molar-refractivity contribution in [3.8, 4) is 6.07 Å². The van der Waals surface area contributed by atoms with Crippen molar-refractivity contribution >= 4 is 11.4 Å². The van der Waals surface area contributed by atoms with Crippen LogP contribution in [-0.4, -0.2) is 18.0 Å². The molecule has 1 aromatic carbocycles. The molecule has 2 rings (SSSR count). The van der Waals surface area contributed by atoms with Gasteiger partial charge in [0.1, 0.15) is 11.6 Å². The Morgan fingerprint density at radius 3 is 2.94 bits per heavy atom. The Balaban J connectivity index is 2.30. The van der Waals surface area contributed by atoms with Crippen molar-refractivity contribution in [3.05, 3.63) is 33.9 Å². The third-order valence-corrected chi connectivity index (χ3v) is 3.32. The highest BCUT2D eigenvalue weighted by atomic mass is 16.6. The van der Waals surface area contributed by atoms with Crippen LogP contribution in [0.25, 0.3) is 0 Å². The molecule has 0 spiro atoms. The first-order chi connectivity index (χ1) is 8.61. The highest BCUT2D eigenvalue weighted by Crippen LogP contribution is 2.27. The van der Waals surface area contributed by atoms with Gasteiger partial charge in [-0.25, -0.2) is 0 Å². The van der Waals surface area contributed by atoms with E-state index in [1.807, 2.05) is 6.07 Å². The third kappa shape index (κ3) is 2.43. The maximum atomic E-state index is 10.8. The molecular weight excluding hydrogens is 230 g/mol. The van der Waals surface area contributed by atoms with Crippen LogP contribution in [0.5, 0.6) is 0 Å². The second-order valence-electron chi connectivity index (χ2n) is 4.76. The summed E-state index contributed by atoms with van der Waals surface area (Å²) in [6.07, 6.45) is 2.34. The summed E-state index contributed by atoms with van der Waals surface area (Å²) in [5, 5.41) is 19.7. The Morgan fingerprint density at radius 2 is 2.33 bits per heavy atom. The van der Waals surface area contributed by atoms with Gasteiger partial charge in [-0.2, -0.15) is 5.26 Å². The lowest BCUT2D eigenvalue weighted by Gasteiger charge is -2.32. The van der Waals surface area contributed by atoms with E-state index in [0.29, 0.717) is 5.92 Å². The van der Waals surface area contributed by atoms with Gasteiger partial charge in [0.2, 0.25) is 0 Å². The number of benzene rings is 1. The summed E-state index contributed by atoms with van der Waals surface area (Å²) < 4.78 is 0. The first-order valence-electron chi connectivity index (χ1n) is 6.05. The molecule has 0 bridgehead atoms. The number of hydrogen-bond acceptors (Lipinski definition) is 4. The molecule has 18 heavy (non-hydrogen) atoms. The summed E-state index contributed by atoms with van der Waals surface area (Å²) in [4.78, 5) is 12.4. The van der Waals surface area contributed by atoms with E-state index in [1.54, 1.807) is 12.1 Å². The lowest BCUT2D eigenvalue weighted by atomic mass is 9.99. The first-order valence-corrected chi connectivity index (χ1v) is 6.05.